The van der Waals surface area contributed by atoms with Crippen molar-refractivity contribution in [3.63, 3.8) is 0 Å². The van der Waals surface area contributed by atoms with E-state index in [2.05, 4.69) is 0 Å². The normalized spacial score (nSPS) is 9.69. The van der Waals surface area contributed by atoms with Gasteiger partial charge in [-0.15, -0.1) is 0 Å². The Bertz CT molecular complexity index is 379. The van der Waals surface area contributed by atoms with Gasteiger partial charge in [0, 0.05) is 0 Å². The fourth-order valence-electron chi connectivity index (χ4n) is 0.991. The van der Waals surface area contributed by atoms with Crippen molar-refractivity contribution in [1.29, 1.82) is 0 Å². The number of hydrogen-bond acceptors (Lipinski definition) is 2. The van der Waals surface area contributed by atoms with Gasteiger partial charge in [-0.25, -0.2) is 0 Å². The minimum absolute atomic E-state index is 0.0572. The number of amides is 2. The summed E-state index contributed by atoms with van der Waals surface area (Å²) in [4.78, 5) is 26.2. The summed E-state index contributed by atoms with van der Waals surface area (Å²) in [7, 11) is 5.04. The number of hydrogen-bond donors (Lipinski definition) is 0. The van der Waals surface area contributed by atoms with E-state index < -0.39 is 20.9 Å². The van der Waals surface area contributed by atoms with Crippen LogP contribution >= 0.6 is 0 Å². The van der Waals surface area contributed by atoms with Crippen molar-refractivity contribution in [2.24, 2.45) is 0 Å². The third-order valence-electron chi connectivity index (χ3n) is 1.96. The molecule has 0 spiro atoms. The fourth-order valence-corrected chi connectivity index (χ4v) is 2.63. The van der Waals surface area contributed by atoms with Crippen LogP contribution in [0.2, 0.25) is 0 Å². The first-order valence-electron chi connectivity index (χ1n) is 4.74. The van der Waals surface area contributed by atoms with E-state index in [0.717, 1.165) is 5.69 Å². The van der Waals surface area contributed by atoms with E-state index in [1.165, 1.54) is 4.90 Å². The van der Waals surface area contributed by atoms with Crippen molar-refractivity contribution < 1.29 is 9.59 Å². The van der Waals surface area contributed by atoms with E-state index in [1.54, 1.807) is 26.0 Å². The Balaban J connectivity index is 2.65. The molecule has 0 aliphatic heterocycles. The van der Waals surface area contributed by atoms with Crippen LogP contribution in [-0.2, 0) is 0 Å². The third-order valence-corrected chi connectivity index (χ3v) is 4.78. The van der Waals surface area contributed by atoms with E-state index in [0.29, 0.717) is 0 Å². The van der Waals surface area contributed by atoms with Crippen LogP contribution in [-0.4, -0.2) is 54.9 Å². The van der Waals surface area contributed by atoms with Crippen molar-refractivity contribution in [2.75, 3.05) is 26.0 Å². The molecule has 0 saturated carbocycles. The summed E-state index contributed by atoms with van der Waals surface area (Å²) in [5.74, 6) is 0. The van der Waals surface area contributed by atoms with Gasteiger partial charge in [0.2, 0.25) is 0 Å². The maximum atomic E-state index is 11.8. The predicted octanol–water partition coefficient (Wildman–Crippen LogP) is 1.63. The molecule has 0 unspecified atom stereocenters. The number of benzene rings is 1. The van der Waals surface area contributed by atoms with Gasteiger partial charge in [-0.3, -0.25) is 0 Å². The zero-order valence-corrected chi connectivity index (χ0v) is 11.8. The number of anilines is 1. The molecule has 1 aromatic carbocycles. The summed E-state index contributed by atoms with van der Waals surface area (Å²) in [6, 6.07) is 9.33. The van der Waals surface area contributed by atoms with E-state index in [1.807, 2.05) is 30.3 Å². The summed E-state index contributed by atoms with van der Waals surface area (Å²) in [5, 5.41) is 0. The SMILES string of the molecule is CN(C)C(=O)[Te]C(=O)N(C)c1ccccc1. The van der Waals surface area contributed by atoms with Crippen LogP contribution in [0.15, 0.2) is 30.3 Å². The van der Waals surface area contributed by atoms with E-state index >= 15 is 0 Å². The Labute approximate surface area is 105 Å². The van der Waals surface area contributed by atoms with Gasteiger partial charge in [-0.2, -0.15) is 0 Å². The van der Waals surface area contributed by atoms with Crippen LogP contribution in [0, 0.1) is 0 Å². The monoisotopic (exact) mass is 336 g/mol. The van der Waals surface area contributed by atoms with Crippen molar-refractivity contribution in [2.45, 2.75) is 0 Å². The average molecular weight is 334 g/mol. The first-order valence-corrected chi connectivity index (χ1v) is 7.07. The molecule has 0 fully saturated rings. The van der Waals surface area contributed by atoms with Crippen molar-refractivity contribution in [3.05, 3.63) is 30.3 Å². The van der Waals surface area contributed by atoms with Crippen molar-refractivity contribution in [1.82, 2.24) is 4.90 Å². The molecular formula is C11H14N2O2Te. The van der Waals surface area contributed by atoms with Gasteiger partial charge >= 0.3 is 105 Å². The fraction of sp³-hybridized carbons (Fsp3) is 0.273. The summed E-state index contributed by atoms with van der Waals surface area (Å²) < 4.78 is -0.131. The summed E-state index contributed by atoms with van der Waals surface area (Å²) >= 11 is -1.32. The Morgan fingerprint density at radius 1 is 1.00 bits per heavy atom. The average Bonchev–Trinajstić information content (AvgIpc) is 2.28. The second-order valence-corrected chi connectivity index (χ2v) is 6.00. The molecule has 0 aromatic heterocycles. The molecule has 16 heavy (non-hydrogen) atoms. The van der Waals surface area contributed by atoms with E-state index in [-0.39, 0.29) is 7.91 Å². The van der Waals surface area contributed by atoms with Crippen LogP contribution in [0.3, 0.4) is 0 Å². The molecule has 0 atom stereocenters. The minimum atomic E-state index is -1.32. The number of carbonyl (C=O) groups excluding carboxylic acids is 2. The molecule has 0 aliphatic rings. The quantitative estimate of drug-likeness (QED) is 0.789. The van der Waals surface area contributed by atoms with Gasteiger partial charge in [0.15, 0.2) is 0 Å². The molecule has 0 radical (unpaired) electrons. The Morgan fingerprint density at radius 2 is 1.56 bits per heavy atom. The molecular weight excluding hydrogens is 320 g/mol. The van der Waals surface area contributed by atoms with E-state index in [4.69, 9.17) is 0 Å². The topological polar surface area (TPSA) is 40.6 Å². The van der Waals surface area contributed by atoms with Gasteiger partial charge < -0.3 is 0 Å². The zero-order valence-electron chi connectivity index (χ0n) is 9.51. The van der Waals surface area contributed by atoms with Gasteiger partial charge in [0.25, 0.3) is 0 Å². The zero-order chi connectivity index (χ0) is 12.1. The Hall–Kier alpha value is -1.05. The molecule has 5 heteroatoms. The molecule has 1 aromatic rings. The van der Waals surface area contributed by atoms with Gasteiger partial charge in [0.05, 0.1) is 0 Å². The van der Waals surface area contributed by atoms with E-state index in [9.17, 15) is 9.59 Å². The van der Waals surface area contributed by atoms with Crippen molar-refractivity contribution >= 4 is 34.5 Å². The van der Waals surface area contributed by atoms with Crippen LogP contribution < -0.4 is 4.90 Å². The molecule has 0 saturated heterocycles. The second kappa shape index (κ2) is 5.88. The second-order valence-electron chi connectivity index (χ2n) is 3.42. The number of para-hydroxylation sites is 1. The number of nitrogens with zero attached hydrogens (tertiary/aromatic N) is 2. The first-order chi connectivity index (χ1) is 7.52. The molecule has 0 heterocycles. The summed E-state index contributed by atoms with van der Waals surface area (Å²) in [6.45, 7) is 0. The standard InChI is InChI=1S/C11H14N2O2Te/c1-12(2)10(14)16-11(15)13(3)9-7-5-4-6-8-9/h4-8H,1-3H3. The van der Waals surface area contributed by atoms with Gasteiger partial charge in [-0.1, -0.05) is 0 Å². The van der Waals surface area contributed by atoms with Crippen molar-refractivity contribution in [3.8, 4) is 0 Å². The van der Waals surface area contributed by atoms with Gasteiger partial charge in [-0.05, 0) is 0 Å². The molecule has 0 aliphatic carbocycles. The molecule has 0 N–H and O–H groups in total. The maximum absolute atomic E-state index is 11.8. The Kier molecular flexibility index (Phi) is 4.78. The van der Waals surface area contributed by atoms with Crippen LogP contribution in [0.5, 0.6) is 0 Å². The third kappa shape index (κ3) is 3.51. The molecule has 1 rings (SSSR count). The summed E-state index contributed by atoms with van der Waals surface area (Å²) in [6.07, 6.45) is 0. The van der Waals surface area contributed by atoms with Gasteiger partial charge in [0.1, 0.15) is 0 Å². The number of rotatable bonds is 3. The molecule has 4 nitrogen and oxygen atoms in total. The first kappa shape index (κ1) is 13.0. The van der Waals surface area contributed by atoms with Crippen LogP contribution in [0.25, 0.3) is 0 Å². The van der Waals surface area contributed by atoms with Crippen LogP contribution in [0.1, 0.15) is 0 Å². The number of carbonyl (C=O) groups is 2. The molecule has 0 bridgehead atoms. The molecule has 86 valence electrons. The van der Waals surface area contributed by atoms with Crippen LogP contribution in [0.4, 0.5) is 15.3 Å². The summed E-state index contributed by atoms with van der Waals surface area (Å²) in [5.41, 5.74) is 0.823. The molecule has 2 amide bonds. The predicted molar refractivity (Wildman–Crippen MR) is 65.1 cm³/mol. The Morgan fingerprint density at radius 3 is 2.06 bits per heavy atom.